The van der Waals surface area contributed by atoms with Crippen LogP contribution in [0.2, 0.25) is 0 Å². The molecule has 0 unspecified atom stereocenters. The third kappa shape index (κ3) is 4.88. The number of ether oxygens (including phenoxy) is 1. The molecule has 2 amide bonds. The van der Waals surface area contributed by atoms with Crippen molar-refractivity contribution >= 4 is 23.4 Å². The van der Waals surface area contributed by atoms with Crippen molar-refractivity contribution in [3.8, 4) is 5.75 Å². The van der Waals surface area contributed by atoms with Gasteiger partial charge in [-0.15, -0.1) is 0 Å². The predicted octanol–water partition coefficient (Wildman–Crippen LogP) is 1.03. The second kappa shape index (κ2) is 6.66. The highest BCUT2D eigenvalue weighted by Crippen LogP contribution is 2.12. The summed E-state index contributed by atoms with van der Waals surface area (Å²) in [4.78, 5) is 22.1. The van der Waals surface area contributed by atoms with Gasteiger partial charge in [-0.05, 0) is 24.3 Å². The normalized spacial score (nSPS) is 9.61. The maximum absolute atomic E-state index is 11.6. The fourth-order valence-electron chi connectivity index (χ4n) is 1.14. The monoisotopic (exact) mass is 268 g/mol. The second-order valence-electron chi connectivity index (χ2n) is 3.48. The molecule has 0 bridgehead atoms. The van der Waals surface area contributed by atoms with Crippen LogP contribution >= 0.6 is 11.6 Å². The molecule has 0 heterocycles. The van der Waals surface area contributed by atoms with Gasteiger partial charge in [-0.3, -0.25) is 9.59 Å². The largest absolute Gasteiger partial charge is 0.484 e. The first-order chi connectivity index (χ1) is 8.49. The molecule has 1 aromatic carbocycles. The summed E-state index contributed by atoms with van der Waals surface area (Å²) < 4.78 is 5.06. The number of hydrogen-bond donors (Lipinski definition) is 2. The van der Waals surface area contributed by atoms with Crippen molar-refractivity contribution in [2.45, 2.75) is 0 Å². The van der Waals surface area contributed by atoms with Crippen LogP contribution in [0.4, 0.5) is 0 Å². The van der Waals surface area contributed by atoms with Crippen molar-refractivity contribution < 1.29 is 14.3 Å². The summed E-state index contributed by atoms with van der Waals surface area (Å²) in [6, 6.07) is 6.30. The van der Waals surface area contributed by atoms with E-state index in [4.69, 9.17) is 22.1 Å². The SMILES string of the molecule is C=C(Cl)CNC(=O)c1ccc(OCC(N)=O)cc1. The molecule has 0 radical (unpaired) electrons. The first-order valence-corrected chi connectivity index (χ1v) is 5.49. The molecular weight excluding hydrogens is 256 g/mol. The van der Waals surface area contributed by atoms with Crippen molar-refractivity contribution in [1.29, 1.82) is 0 Å². The van der Waals surface area contributed by atoms with Gasteiger partial charge in [0.15, 0.2) is 6.61 Å². The Bertz CT molecular complexity index is 457. The van der Waals surface area contributed by atoms with E-state index in [1.807, 2.05) is 0 Å². The van der Waals surface area contributed by atoms with Crippen LogP contribution in [0.1, 0.15) is 10.4 Å². The lowest BCUT2D eigenvalue weighted by molar-refractivity contribution is -0.119. The molecule has 6 heteroatoms. The van der Waals surface area contributed by atoms with E-state index in [-0.39, 0.29) is 19.1 Å². The Morgan fingerprint density at radius 2 is 1.94 bits per heavy atom. The minimum Gasteiger partial charge on any atom is -0.484 e. The number of amides is 2. The van der Waals surface area contributed by atoms with Gasteiger partial charge in [0.25, 0.3) is 11.8 Å². The summed E-state index contributed by atoms with van der Waals surface area (Å²) >= 11 is 5.53. The highest BCUT2D eigenvalue weighted by Gasteiger charge is 2.05. The van der Waals surface area contributed by atoms with E-state index in [0.29, 0.717) is 16.3 Å². The Labute approximate surface area is 110 Å². The Balaban J connectivity index is 2.56. The lowest BCUT2D eigenvalue weighted by Gasteiger charge is -2.06. The first-order valence-electron chi connectivity index (χ1n) is 5.11. The minimum absolute atomic E-state index is 0.197. The molecule has 0 aromatic heterocycles. The zero-order valence-electron chi connectivity index (χ0n) is 9.61. The Hall–Kier alpha value is -2.01. The highest BCUT2D eigenvalue weighted by molar-refractivity contribution is 6.29. The molecule has 0 aliphatic rings. The average Bonchev–Trinajstić information content (AvgIpc) is 2.34. The van der Waals surface area contributed by atoms with E-state index in [2.05, 4.69) is 11.9 Å². The molecule has 96 valence electrons. The molecular formula is C12H13ClN2O3. The van der Waals surface area contributed by atoms with E-state index < -0.39 is 5.91 Å². The number of nitrogens with one attached hydrogen (secondary N) is 1. The standard InChI is InChI=1S/C12H13ClN2O3/c1-8(13)6-15-12(17)9-2-4-10(5-3-9)18-7-11(14)16/h2-5H,1,6-7H2,(H2,14,16)(H,15,17). The third-order valence-corrected chi connectivity index (χ3v) is 2.07. The highest BCUT2D eigenvalue weighted by atomic mass is 35.5. The smallest absolute Gasteiger partial charge is 0.255 e. The summed E-state index contributed by atoms with van der Waals surface area (Å²) in [5.41, 5.74) is 5.40. The van der Waals surface area contributed by atoms with Crippen molar-refractivity contribution in [2.75, 3.05) is 13.2 Å². The average molecular weight is 269 g/mol. The van der Waals surface area contributed by atoms with Crippen molar-refractivity contribution in [1.82, 2.24) is 5.32 Å². The van der Waals surface area contributed by atoms with Gasteiger partial charge in [-0.2, -0.15) is 0 Å². The number of primary amides is 1. The molecule has 0 spiro atoms. The summed E-state index contributed by atoms with van der Waals surface area (Å²) in [6.45, 7) is 3.47. The van der Waals surface area contributed by atoms with Crippen molar-refractivity contribution in [3.05, 3.63) is 41.4 Å². The zero-order valence-corrected chi connectivity index (χ0v) is 10.4. The topological polar surface area (TPSA) is 81.4 Å². The quantitative estimate of drug-likeness (QED) is 0.809. The van der Waals surface area contributed by atoms with Gasteiger partial charge in [0.2, 0.25) is 0 Å². The van der Waals surface area contributed by atoms with Crippen LogP contribution in [-0.4, -0.2) is 25.0 Å². The molecule has 1 rings (SSSR count). The summed E-state index contributed by atoms with van der Waals surface area (Å²) in [5, 5.41) is 2.93. The zero-order chi connectivity index (χ0) is 13.5. The number of rotatable bonds is 6. The van der Waals surface area contributed by atoms with E-state index in [1.54, 1.807) is 24.3 Å². The van der Waals surface area contributed by atoms with E-state index in [0.717, 1.165) is 0 Å². The maximum atomic E-state index is 11.6. The molecule has 1 aromatic rings. The number of carbonyl (C=O) groups is 2. The second-order valence-corrected chi connectivity index (χ2v) is 4.01. The Morgan fingerprint density at radius 3 is 2.44 bits per heavy atom. The fourth-order valence-corrected chi connectivity index (χ4v) is 1.20. The number of benzene rings is 1. The van der Waals surface area contributed by atoms with Crippen molar-refractivity contribution in [2.24, 2.45) is 5.73 Å². The minimum atomic E-state index is -0.558. The molecule has 18 heavy (non-hydrogen) atoms. The van der Waals surface area contributed by atoms with Crippen LogP contribution in [-0.2, 0) is 4.79 Å². The number of carbonyl (C=O) groups excluding carboxylic acids is 2. The molecule has 0 aliphatic heterocycles. The molecule has 5 nitrogen and oxygen atoms in total. The molecule has 0 saturated carbocycles. The number of hydrogen-bond acceptors (Lipinski definition) is 3. The van der Waals surface area contributed by atoms with E-state index in [1.165, 1.54) is 0 Å². The third-order valence-electron chi connectivity index (χ3n) is 1.94. The Kier molecular flexibility index (Phi) is 5.20. The summed E-state index contributed by atoms with van der Waals surface area (Å²) in [5.74, 6) is -0.359. The van der Waals surface area contributed by atoms with Gasteiger partial charge in [0, 0.05) is 10.6 Å². The molecule has 0 aliphatic carbocycles. The van der Waals surface area contributed by atoms with E-state index >= 15 is 0 Å². The first kappa shape index (κ1) is 14.1. The van der Waals surface area contributed by atoms with Crippen LogP contribution in [0.25, 0.3) is 0 Å². The molecule has 0 saturated heterocycles. The number of nitrogens with two attached hydrogens (primary N) is 1. The molecule has 0 fully saturated rings. The van der Waals surface area contributed by atoms with Crippen LogP contribution in [0.5, 0.6) is 5.75 Å². The van der Waals surface area contributed by atoms with Gasteiger partial charge >= 0.3 is 0 Å². The maximum Gasteiger partial charge on any atom is 0.255 e. The van der Waals surface area contributed by atoms with Crippen LogP contribution < -0.4 is 15.8 Å². The Morgan fingerprint density at radius 1 is 1.33 bits per heavy atom. The van der Waals surface area contributed by atoms with Crippen molar-refractivity contribution in [3.63, 3.8) is 0 Å². The lowest BCUT2D eigenvalue weighted by Crippen LogP contribution is -2.24. The van der Waals surface area contributed by atoms with Gasteiger partial charge < -0.3 is 15.8 Å². The number of halogens is 1. The summed E-state index contributed by atoms with van der Waals surface area (Å²) in [7, 11) is 0. The lowest BCUT2D eigenvalue weighted by atomic mass is 10.2. The van der Waals surface area contributed by atoms with Gasteiger partial charge in [0.05, 0.1) is 6.54 Å². The predicted molar refractivity (Wildman–Crippen MR) is 68.5 cm³/mol. The van der Waals surface area contributed by atoms with Crippen LogP contribution in [0, 0.1) is 0 Å². The van der Waals surface area contributed by atoms with E-state index in [9.17, 15) is 9.59 Å². The molecule has 3 N–H and O–H groups in total. The van der Waals surface area contributed by atoms with Gasteiger partial charge in [-0.1, -0.05) is 18.2 Å². The van der Waals surface area contributed by atoms with Crippen LogP contribution in [0.3, 0.4) is 0 Å². The fraction of sp³-hybridized carbons (Fsp3) is 0.167. The van der Waals surface area contributed by atoms with Gasteiger partial charge in [-0.25, -0.2) is 0 Å². The van der Waals surface area contributed by atoms with Gasteiger partial charge in [0.1, 0.15) is 5.75 Å². The molecule has 0 atom stereocenters. The summed E-state index contributed by atoms with van der Waals surface area (Å²) in [6.07, 6.45) is 0. The van der Waals surface area contributed by atoms with Crippen LogP contribution in [0.15, 0.2) is 35.9 Å².